The summed E-state index contributed by atoms with van der Waals surface area (Å²) in [5.41, 5.74) is 0. The van der Waals surface area contributed by atoms with Crippen molar-refractivity contribution in [3.8, 4) is 0 Å². The maximum atomic E-state index is 11.2. The van der Waals surface area contributed by atoms with Gasteiger partial charge < -0.3 is 5.32 Å². The van der Waals surface area contributed by atoms with Crippen molar-refractivity contribution in [3.63, 3.8) is 0 Å². The third-order valence-electron chi connectivity index (χ3n) is 2.95. The van der Waals surface area contributed by atoms with E-state index in [1.807, 2.05) is 0 Å². The Balaban J connectivity index is 1.97. The van der Waals surface area contributed by atoms with Crippen LogP contribution in [0, 0.1) is 0 Å². The Bertz CT molecular complexity index is 262. The number of unbranched alkanes of at least 4 members (excludes halogenated alkanes) is 4. The van der Waals surface area contributed by atoms with E-state index in [0.29, 0.717) is 11.5 Å². The van der Waals surface area contributed by atoms with E-state index >= 15 is 0 Å². The highest BCUT2D eigenvalue weighted by Crippen LogP contribution is 2.11. The van der Waals surface area contributed by atoms with Gasteiger partial charge in [-0.1, -0.05) is 32.6 Å². The van der Waals surface area contributed by atoms with Gasteiger partial charge in [-0.3, -0.25) is 0 Å². The maximum Gasteiger partial charge on any atom is 0.151 e. The highest BCUT2D eigenvalue weighted by atomic mass is 32.2. The highest BCUT2D eigenvalue weighted by molar-refractivity contribution is 7.91. The Hall–Kier alpha value is -0.0900. The predicted molar refractivity (Wildman–Crippen MR) is 63.8 cm³/mol. The molecule has 1 saturated heterocycles. The molecule has 0 radical (unpaired) electrons. The molecule has 0 aromatic heterocycles. The molecule has 0 aliphatic carbocycles. The standard InChI is InChI=1S/C11H23NO2S/c1-2-3-4-5-6-8-12-11-7-9-15(13,14)10-11/h11-12H,2-10H2,1H3. The van der Waals surface area contributed by atoms with Crippen molar-refractivity contribution in [1.82, 2.24) is 5.32 Å². The molecular formula is C11H23NO2S. The fourth-order valence-corrected chi connectivity index (χ4v) is 3.70. The monoisotopic (exact) mass is 233 g/mol. The van der Waals surface area contributed by atoms with Crippen LogP contribution in [0.3, 0.4) is 0 Å². The van der Waals surface area contributed by atoms with E-state index in [-0.39, 0.29) is 6.04 Å². The molecule has 4 heteroatoms. The van der Waals surface area contributed by atoms with Crippen LogP contribution >= 0.6 is 0 Å². The first-order valence-electron chi connectivity index (χ1n) is 6.08. The van der Waals surface area contributed by atoms with Crippen LogP contribution in [0.1, 0.15) is 45.4 Å². The molecule has 1 fully saturated rings. The van der Waals surface area contributed by atoms with E-state index in [2.05, 4.69) is 12.2 Å². The van der Waals surface area contributed by atoms with Gasteiger partial charge in [-0.05, 0) is 19.4 Å². The zero-order valence-electron chi connectivity index (χ0n) is 9.67. The van der Waals surface area contributed by atoms with Crippen molar-refractivity contribution in [2.75, 3.05) is 18.1 Å². The zero-order valence-corrected chi connectivity index (χ0v) is 10.5. The van der Waals surface area contributed by atoms with Gasteiger partial charge in [0.25, 0.3) is 0 Å². The van der Waals surface area contributed by atoms with Gasteiger partial charge in [-0.25, -0.2) is 8.42 Å². The summed E-state index contributed by atoms with van der Waals surface area (Å²) < 4.78 is 22.4. The Kier molecular flexibility index (Phi) is 5.61. The number of hydrogen-bond donors (Lipinski definition) is 1. The third-order valence-corrected chi connectivity index (χ3v) is 4.71. The number of nitrogens with one attached hydrogen (secondary N) is 1. The minimum atomic E-state index is -2.71. The minimum absolute atomic E-state index is 0.223. The molecule has 1 N–H and O–H groups in total. The summed E-state index contributed by atoms with van der Waals surface area (Å²) in [6, 6.07) is 0.223. The smallest absolute Gasteiger partial charge is 0.151 e. The minimum Gasteiger partial charge on any atom is -0.313 e. The van der Waals surface area contributed by atoms with E-state index in [1.165, 1.54) is 32.1 Å². The summed E-state index contributed by atoms with van der Waals surface area (Å²) >= 11 is 0. The number of hydrogen-bond acceptors (Lipinski definition) is 3. The van der Waals surface area contributed by atoms with Crippen LogP contribution in [0.4, 0.5) is 0 Å². The maximum absolute atomic E-state index is 11.2. The Morgan fingerprint density at radius 1 is 1.20 bits per heavy atom. The third kappa shape index (κ3) is 5.52. The topological polar surface area (TPSA) is 46.2 Å². The fraction of sp³-hybridized carbons (Fsp3) is 1.00. The first-order valence-corrected chi connectivity index (χ1v) is 7.90. The molecular weight excluding hydrogens is 210 g/mol. The van der Waals surface area contributed by atoms with Crippen molar-refractivity contribution in [2.24, 2.45) is 0 Å². The molecule has 1 rings (SSSR count). The van der Waals surface area contributed by atoms with Gasteiger partial charge in [0, 0.05) is 6.04 Å². The average Bonchev–Trinajstić information content (AvgIpc) is 2.52. The molecule has 0 saturated carbocycles. The highest BCUT2D eigenvalue weighted by Gasteiger charge is 2.26. The van der Waals surface area contributed by atoms with Crippen LogP contribution in [0.25, 0.3) is 0 Å². The molecule has 1 heterocycles. The largest absolute Gasteiger partial charge is 0.313 e. The molecule has 90 valence electrons. The van der Waals surface area contributed by atoms with Crippen LogP contribution in [0.2, 0.25) is 0 Å². The molecule has 1 aliphatic heterocycles. The second-order valence-electron chi connectivity index (χ2n) is 4.47. The fourth-order valence-electron chi connectivity index (χ4n) is 1.99. The SMILES string of the molecule is CCCCCCCNC1CCS(=O)(=O)C1. The summed E-state index contributed by atoms with van der Waals surface area (Å²) in [7, 11) is -2.71. The summed E-state index contributed by atoms with van der Waals surface area (Å²) in [4.78, 5) is 0. The summed E-state index contributed by atoms with van der Waals surface area (Å²) in [5.74, 6) is 0.725. The van der Waals surface area contributed by atoms with Crippen molar-refractivity contribution in [3.05, 3.63) is 0 Å². The summed E-state index contributed by atoms with van der Waals surface area (Å²) in [5, 5.41) is 3.33. The molecule has 0 bridgehead atoms. The predicted octanol–water partition coefficient (Wildman–Crippen LogP) is 1.73. The van der Waals surface area contributed by atoms with E-state index in [4.69, 9.17) is 0 Å². The number of sulfone groups is 1. The molecule has 3 nitrogen and oxygen atoms in total. The van der Waals surface area contributed by atoms with Gasteiger partial charge in [-0.2, -0.15) is 0 Å². The lowest BCUT2D eigenvalue weighted by Crippen LogP contribution is -2.30. The van der Waals surface area contributed by atoms with Crippen molar-refractivity contribution < 1.29 is 8.42 Å². The summed E-state index contributed by atoms with van der Waals surface area (Å²) in [6.45, 7) is 3.19. The first kappa shape index (κ1) is 13.0. The van der Waals surface area contributed by atoms with Gasteiger partial charge in [0.15, 0.2) is 9.84 Å². The van der Waals surface area contributed by atoms with Crippen LogP contribution in [0.15, 0.2) is 0 Å². The first-order chi connectivity index (χ1) is 7.14. The van der Waals surface area contributed by atoms with Crippen molar-refractivity contribution in [1.29, 1.82) is 0 Å². The van der Waals surface area contributed by atoms with E-state index in [9.17, 15) is 8.42 Å². The van der Waals surface area contributed by atoms with Gasteiger partial charge in [-0.15, -0.1) is 0 Å². The van der Waals surface area contributed by atoms with Crippen molar-refractivity contribution >= 4 is 9.84 Å². The van der Waals surface area contributed by atoms with Gasteiger partial charge in [0.2, 0.25) is 0 Å². The Morgan fingerprint density at radius 2 is 1.93 bits per heavy atom. The van der Waals surface area contributed by atoms with E-state index in [0.717, 1.165) is 13.0 Å². The average molecular weight is 233 g/mol. The quantitative estimate of drug-likeness (QED) is 0.681. The van der Waals surface area contributed by atoms with Gasteiger partial charge >= 0.3 is 0 Å². The lowest BCUT2D eigenvalue weighted by Gasteiger charge is -2.09. The normalized spacial score (nSPS) is 24.5. The molecule has 1 atom stereocenters. The lowest BCUT2D eigenvalue weighted by atomic mass is 10.1. The van der Waals surface area contributed by atoms with Crippen LogP contribution in [-0.4, -0.2) is 32.5 Å². The molecule has 0 aromatic rings. The second kappa shape index (κ2) is 6.48. The molecule has 0 amide bonds. The number of rotatable bonds is 7. The lowest BCUT2D eigenvalue weighted by molar-refractivity contribution is 0.521. The van der Waals surface area contributed by atoms with E-state index < -0.39 is 9.84 Å². The Morgan fingerprint density at radius 3 is 2.53 bits per heavy atom. The van der Waals surface area contributed by atoms with Gasteiger partial charge in [0.1, 0.15) is 0 Å². The van der Waals surface area contributed by atoms with Crippen LogP contribution in [-0.2, 0) is 9.84 Å². The molecule has 1 unspecified atom stereocenters. The summed E-state index contributed by atoms with van der Waals surface area (Å²) in [6.07, 6.45) is 7.14. The van der Waals surface area contributed by atoms with Crippen molar-refractivity contribution in [2.45, 2.75) is 51.5 Å². The van der Waals surface area contributed by atoms with Crippen LogP contribution in [0.5, 0.6) is 0 Å². The molecule has 15 heavy (non-hydrogen) atoms. The van der Waals surface area contributed by atoms with E-state index in [1.54, 1.807) is 0 Å². The molecule has 0 spiro atoms. The van der Waals surface area contributed by atoms with Crippen LogP contribution < -0.4 is 5.32 Å². The van der Waals surface area contributed by atoms with Gasteiger partial charge in [0.05, 0.1) is 11.5 Å². The zero-order chi connectivity index (χ0) is 11.1. The second-order valence-corrected chi connectivity index (χ2v) is 6.70. The molecule has 0 aromatic carbocycles. The molecule has 1 aliphatic rings. The Labute approximate surface area is 93.6 Å².